The maximum Gasteiger partial charge on any atom is 0.257 e. The van der Waals surface area contributed by atoms with Crippen LogP contribution in [0.25, 0.3) is 6.08 Å². The van der Waals surface area contributed by atoms with Crippen LogP contribution in [0.5, 0.6) is 0 Å². The summed E-state index contributed by atoms with van der Waals surface area (Å²) in [5.41, 5.74) is 5.22. The normalized spacial score (nSPS) is 16.8. The number of aromatic nitrogens is 1. The molecule has 0 spiro atoms. The lowest BCUT2D eigenvalue weighted by molar-refractivity contribution is -0.135. The predicted octanol–water partition coefficient (Wildman–Crippen LogP) is 5.80. The molecule has 2 heterocycles. The Morgan fingerprint density at radius 3 is 2.50 bits per heavy atom. The highest BCUT2D eigenvalue weighted by Crippen LogP contribution is 2.32. The number of piperidine rings is 1. The molecule has 2 amide bonds. The minimum Gasteiger partial charge on any atom is -0.342 e. The van der Waals surface area contributed by atoms with Crippen LogP contribution in [0.4, 0.5) is 5.69 Å². The standard InChI is InChI=1S/C26H30ClN3O2/c1-17-13-23(27)15-22(24(17)29-25(31)21-8-7-18(2)28-16-21)14-19-9-11-30(12-10-19)26(32)20-5-3-4-6-20/h7-8,13-16,20H,3-6,9-12H2,1-2H3,(H,29,31). The molecule has 168 valence electrons. The second-order valence-corrected chi connectivity index (χ2v) is 9.37. The number of nitrogens with zero attached hydrogens (tertiary/aromatic N) is 2. The average molecular weight is 452 g/mol. The van der Waals surface area contributed by atoms with E-state index in [4.69, 9.17) is 11.6 Å². The molecule has 1 aliphatic heterocycles. The summed E-state index contributed by atoms with van der Waals surface area (Å²) in [6.07, 6.45) is 9.84. The van der Waals surface area contributed by atoms with Gasteiger partial charge in [0.05, 0.1) is 11.3 Å². The third-order valence-corrected chi connectivity index (χ3v) is 6.74. The number of likely N-dealkylation sites (tertiary alicyclic amines) is 1. The van der Waals surface area contributed by atoms with Crippen LogP contribution in [-0.4, -0.2) is 34.8 Å². The van der Waals surface area contributed by atoms with Gasteiger partial charge in [-0.25, -0.2) is 0 Å². The zero-order valence-corrected chi connectivity index (χ0v) is 19.5. The number of carbonyl (C=O) groups is 2. The van der Waals surface area contributed by atoms with E-state index in [2.05, 4.69) is 16.4 Å². The number of amides is 2. The Hall–Kier alpha value is -2.66. The van der Waals surface area contributed by atoms with Crippen LogP contribution in [0.1, 0.15) is 65.7 Å². The molecule has 4 rings (SSSR count). The van der Waals surface area contributed by atoms with Crippen molar-refractivity contribution < 1.29 is 9.59 Å². The van der Waals surface area contributed by atoms with Gasteiger partial charge in [0.1, 0.15) is 0 Å². The lowest BCUT2D eigenvalue weighted by atomic mass is 9.97. The van der Waals surface area contributed by atoms with Gasteiger partial charge >= 0.3 is 0 Å². The molecule has 1 saturated heterocycles. The van der Waals surface area contributed by atoms with E-state index in [-0.39, 0.29) is 11.8 Å². The molecule has 1 aliphatic carbocycles. The zero-order valence-electron chi connectivity index (χ0n) is 18.8. The third-order valence-electron chi connectivity index (χ3n) is 6.52. The fourth-order valence-corrected chi connectivity index (χ4v) is 4.93. The van der Waals surface area contributed by atoms with Crippen LogP contribution >= 0.6 is 11.6 Å². The van der Waals surface area contributed by atoms with E-state index in [1.54, 1.807) is 12.3 Å². The molecule has 2 aromatic rings. The molecule has 0 unspecified atom stereocenters. The number of hydrogen-bond donors (Lipinski definition) is 1. The maximum absolute atomic E-state index is 12.8. The summed E-state index contributed by atoms with van der Waals surface area (Å²) in [5, 5.41) is 3.69. The Morgan fingerprint density at radius 2 is 1.84 bits per heavy atom. The summed E-state index contributed by atoms with van der Waals surface area (Å²) in [4.78, 5) is 31.8. The topological polar surface area (TPSA) is 62.3 Å². The van der Waals surface area contributed by atoms with Crippen molar-refractivity contribution in [2.45, 2.75) is 52.4 Å². The second-order valence-electron chi connectivity index (χ2n) is 8.94. The van der Waals surface area contributed by atoms with Crippen LogP contribution < -0.4 is 5.32 Å². The highest BCUT2D eigenvalue weighted by molar-refractivity contribution is 6.31. The summed E-state index contributed by atoms with van der Waals surface area (Å²) in [6, 6.07) is 7.35. The molecule has 0 atom stereocenters. The molecular formula is C26H30ClN3O2. The van der Waals surface area contributed by atoms with Gasteiger partial charge in [0.25, 0.3) is 5.91 Å². The molecule has 6 heteroatoms. The minimum atomic E-state index is -0.195. The van der Waals surface area contributed by atoms with Gasteiger partial charge in [-0.1, -0.05) is 36.1 Å². The molecule has 2 fully saturated rings. The third kappa shape index (κ3) is 5.21. The quantitative estimate of drug-likeness (QED) is 0.638. The van der Waals surface area contributed by atoms with Crippen molar-refractivity contribution in [3.8, 4) is 0 Å². The van der Waals surface area contributed by atoms with Gasteiger partial charge in [0, 0.05) is 35.9 Å². The van der Waals surface area contributed by atoms with Crippen molar-refractivity contribution in [2.24, 2.45) is 5.92 Å². The molecule has 1 saturated carbocycles. The van der Waals surface area contributed by atoms with Gasteiger partial charge in [0.15, 0.2) is 0 Å². The van der Waals surface area contributed by atoms with Crippen molar-refractivity contribution in [3.05, 3.63) is 63.4 Å². The summed E-state index contributed by atoms with van der Waals surface area (Å²) in [5.74, 6) is 0.369. The molecular weight excluding hydrogens is 422 g/mol. The molecule has 0 radical (unpaired) electrons. The smallest absolute Gasteiger partial charge is 0.257 e. The van der Waals surface area contributed by atoms with Crippen molar-refractivity contribution in [1.29, 1.82) is 0 Å². The molecule has 32 heavy (non-hydrogen) atoms. The van der Waals surface area contributed by atoms with E-state index in [1.165, 1.54) is 18.4 Å². The first-order valence-corrected chi connectivity index (χ1v) is 11.8. The number of nitrogens with one attached hydrogen (secondary N) is 1. The summed E-state index contributed by atoms with van der Waals surface area (Å²) in [6.45, 7) is 5.36. The minimum absolute atomic E-state index is 0.195. The van der Waals surface area contributed by atoms with Crippen LogP contribution in [0.2, 0.25) is 5.02 Å². The van der Waals surface area contributed by atoms with Crippen molar-refractivity contribution in [3.63, 3.8) is 0 Å². The van der Waals surface area contributed by atoms with Gasteiger partial charge in [0.2, 0.25) is 5.91 Å². The molecule has 1 aromatic carbocycles. The second kappa shape index (κ2) is 9.86. The van der Waals surface area contributed by atoms with Gasteiger partial charge < -0.3 is 10.2 Å². The number of aryl methyl sites for hydroxylation is 2. The van der Waals surface area contributed by atoms with Gasteiger partial charge in [-0.2, -0.15) is 0 Å². The first kappa shape index (κ1) is 22.5. The predicted molar refractivity (Wildman–Crippen MR) is 129 cm³/mol. The van der Waals surface area contributed by atoms with Crippen molar-refractivity contribution in [2.75, 3.05) is 18.4 Å². The fourth-order valence-electron chi connectivity index (χ4n) is 4.65. The molecule has 5 nitrogen and oxygen atoms in total. The maximum atomic E-state index is 12.8. The van der Waals surface area contributed by atoms with Gasteiger partial charge in [-0.3, -0.25) is 14.6 Å². The molecule has 2 aliphatic rings. The van der Waals surface area contributed by atoms with Gasteiger partial charge in [-0.05, 0) is 74.9 Å². The largest absolute Gasteiger partial charge is 0.342 e. The summed E-state index contributed by atoms with van der Waals surface area (Å²) in [7, 11) is 0. The lowest BCUT2D eigenvalue weighted by Gasteiger charge is -2.30. The molecule has 1 aromatic heterocycles. The number of halogens is 1. The van der Waals surface area contributed by atoms with E-state index < -0.39 is 0 Å². The number of pyridine rings is 1. The Kier molecular flexibility index (Phi) is 6.95. The van der Waals surface area contributed by atoms with E-state index in [0.29, 0.717) is 16.5 Å². The number of anilines is 1. The highest BCUT2D eigenvalue weighted by Gasteiger charge is 2.28. The van der Waals surface area contributed by atoms with E-state index in [0.717, 1.165) is 61.3 Å². The number of rotatable bonds is 4. The monoisotopic (exact) mass is 451 g/mol. The van der Waals surface area contributed by atoms with Crippen molar-refractivity contribution in [1.82, 2.24) is 9.88 Å². The summed E-state index contributed by atoms with van der Waals surface area (Å²) < 4.78 is 0. The fraction of sp³-hybridized carbons (Fsp3) is 0.423. The van der Waals surface area contributed by atoms with Crippen LogP contribution in [0.15, 0.2) is 36.0 Å². The Bertz CT molecular complexity index is 1030. The van der Waals surface area contributed by atoms with Crippen molar-refractivity contribution >= 4 is 35.2 Å². The first-order chi connectivity index (χ1) is 15.4. The molecule has 1 N–H and O–H groups in total. The van der Waals surface area contributed by atoms with Crippen LogP contribution in [-0.2, 0) is 4.79 Å². The number of carbonyl (C=O) groups excluding carboxylic acids is 2. The van der Waals surface area contributed by atoms with E-state index in [9.17, 15) is 9.59 Å². The Balaban J connectivity index is 1.49. The first-order valence-electron chi connectivity index (χ1n) is 11.4. The number of hydrogen-bond acceptors (Lipinski definition) is 3. The van der Waals surface area contributed by atoms with E-state index >= 15 is 0 Å². The van der Waals surface area contributed by atoms with Gasteiger partial charge in [-0.15, -0.1) is 0 Å². The SMILES string of the molecule is Cc1ccc(C(=O)Nc2c(C)cc(Cl)cc2C=C2CCN(C(=O)C3CCCC3)CC2)cn1. The lowest BCUT2D eigenvalue weighted by Crippen LogP contribution is -2.39. The zero-order chi connectivity index (χ0) is 22.7. The highest BCUT2D eigenvalue weighted by atomic mass is 35.5. The Labute approximate surface area is 194 Å². The average Bonchev–Trinajstić information content (AvgIpc) is 3.31. The Morgan fingerprint density at radius 1 is 1.12 bits per heavy atom. The van der Waals surface area contributed by atoms with Crippen LogP contribution in [0, 0.1) is 19.8 Å². The van der Waals surface area contributed by atoms with E-state index in [1.807, 2.05) is 36.9 Å². The molecule has 0 bridgehead atoms. The number of benzene rings is 1. The summed E-state index contributed by atoms with van der Waals surface area (Å²) >= 11 is 6.34. The van der Waals surface area contributed by atoms with Crippen LogP contribution in [0.3, 0.4) is 0 Å².